The third kappa shape index (κ3) is 3.49. The van der Waals surface area contributed by atoms with E-state index >= 15 is 0 Å². The number of thiocarbonyl (C=S) groups is 1. The zero-order valence-electron chi connectivity index (χ0n) is 12.9. The molecule has 1 aromatic carbocycles. The lowest BCUT2D eigenvalue weighted by atomic mass is 10.2. The summed E-state index contributed by atoms with van der Waals surface area (Å²) < 4.78 is 18.8. The van der Waals surface area contributed by atoms with Crippen molar-refractivity contribution in [2.45, 2.75) is 13.0 Å². The van der Waals surface area contributed by atoms with Crippen molar-refractivity contribution in [3.8, 4) is 11.3 Å². The number of carbonyl (C=O) groups excluding carboxylic acids is 1. The van der Waals surface area contributed by atoms with Gasteiger partial charge in [0.25, 0.3) is 5.91 Å². The number of nitrogens with zero attached hydrogens (tertiary/aromatic N) is 1. The molecule has 2 heterocycles. The molecule has 1 aromatic heterocycles. The highest BCUT2D eigenvalue weighted by Gasteiger charge is 2.38. The maximum atomic E-state index is 13.0. The zero-order valence-corrected chi connectivity index (χ0v) is 14.6. The quantitative estimate of drug-likeness (QED) is 0.646. The number of amides is 1. The molecule has 1 aliphatic rings. The molecule has 0 bridgehead atoms. The number of carboxylic acids is 1. The number of carbonyl (C=O) groups is 2. The monoisotopic (exact) mass is 377 g/mol. The predicted molar refractivity (Wildman–Crippen MR) is 96.2 cm³/mol. The molecular weight excluding hydrogens is 365 g/mol. The molecule has 0 saturated carbocycles. The molecule has 1 N–H and O–H groups in total. The van der Waals surface area contributed by atoms with E-state index < -0.39 is 17.9 Å². The summed E-state index contributed by atoms with van der Waals surface area (Å²) in [7, 11) is 0. The van der Waals surface area contributed by atoms with Crippen molar-refractivity contribution in [3.05, 3.63) is 52.9 Å². The normalized spacial score (nSPS) is 17.4. The molecule has 3 rings (SSSR count). The Morgan fingerprint density at radius 1 is 1.32 bits per heavy atom. The van der Waals surface area contributed by atoms with Gasteiger partial charge >= 0.3 is 5.97 Å². The van der Waals surface area contributed by atoms with Crippen molar-refractivity contribution < 1.29 is 23.5 Å². The van der Waals surface area contributed by atoms with Gasteiger partial charge in [-0.05, 0) is 43.3 Å². The smallest absolute Gasteiger partial charge is 0.326 e. The molecule has 0 unspecified atom stereocenters. The van der Waals surface area contributed by atoms with Crippen LogP contribution in [0, 0.1) is 5.82 Å². The minimum Gasteiger partial charge on any atom is -0.480 e. The Morgan fingerprint density at radius 2 is 2.00 bits per heavy atom. The summed E-state index contributed by atoms with van der Waals surface area (Å²) >= 11 is 6.12. The van der Waals surface area contributed by atoms with Gasteiger partial charge in [0.05, 0.1) is 4.91 Å². The van der Waals surface area contributed by atoms with Crippen LogP contribution in [0.5, 0.6) is 0 Å². The van der Waals surface area contributed by atoms with E-state index in [0.29, 0.717) is 17.1 Å². The summed E-state index contributed by atoms with van der Waals surface area (Å²) in [6.07, 6.45) is 1.51. The molecule has 5 nitrogen and oxygen atoms in total. The van der Waals surface area contributed by atoms with Crippen molar-refractivity contribution in [2.24, 2.45) is 0 Å². The molecule has 1 atom stereocenters. The van der Waals surface area contributed by atoms with E-state index in [4.69, 9.17) is 21.7 Å². The summed E-state index contributed by atoms with van der Waals surface area (Å²) in [5, 5.41) is 9.08. The van der Waals surface area contributed by atoms with Gasteiger partial charge in [-0.25, -0.2) is 9.18 Å². The second kappa shape index (κ2) is 6.81. The SMILES string of the molecule is C[C@@H](C(=O)O)N1C(=O)/C(=C\c2ccc(-c3ccc(F)cc3)o2)SC1=S. The summed E-state index contributed by atoms with van der Waals surface area (Å²) in [5.41, 5.74) is 0.702. The van der Waals surface area contributed by atoms with Crippen LogP contribution in [0.3, 0.4) is 0 Å². The minimum atomic E-state index is -1.13. The zero-order chi connectivity index (χ0) is 18.1. The van der Waals surface area contributed by atoms with Gasteiger partial charge in [0, 0.05) is 11.6 Å². The molecule has 0 aliphatic carbocycles. The lowest BCUT2D eigenvalue weighted by Crippen LogP contribution is -2.41. The van der Waals surface area contributed by atoms with E-state index in [0.717, 1.165) is 16.7 Å². The van der Waals surface area contributed by atoms with E-state index in [1.54, 1.807) is 24.3 Å². The summed E-state index contributed by atoms with van der Waals surface area (Å²) in [6, 6.07) is 8.18. The van der Waals surface area contributed by atoms with Crippen molar-refractivity contribution in [1.82, 2.24) is 4.90 Å². The Bertz CT molecular complexity index is 888. The van der Waals surface area contributed by atoms with Crippen LogP contribution in [0.15, 0.2) is 45.7 Å². The molecule has 1 fully saturated rings. The van der Waals surface area contributed by atoms with Gasteiger partial charge in [0.15, 0.2) is 0 Å². The second-order valence-corrected chi connectivity index (χ2v) is 6.95. The second-order valence-electron chi connectivity index (χ2n) is 5.27. The van der Waals surface area contributed by atoms with Crippen molar-refractivity contribution in [2.75, 3.05) is 0 Å². The van der Waals surface area contributed by atoms with Gasteiger partial charge in [0.2, 0.25) is 0 Å². The molecule has 0 radical (unpaired) electrons. The molecular formula is C17H12FNO4S2. The van der Waals surface area contributed by atoms with Gasteiger partial charge in [-0.3, -0.25) is 9.69 Å². The first-order valence-corrected chi connectivity index (χ1v) is 8.45. The van der Waals surface area contributed by atoms with Gasteiger partial charge in [-0.15, -0.1) is 0 Å². The highest BCUT2D eigenvalue weighted by Crippen LogP contribution is 2.34. The summed E-state index contributed by atoms with van der Waals surface area (Å²) in [6.45, 7) is 1.40. The topological polar surface area (TPSA) is 70.8 Å². The van der Waals surface area contributed by atoms with E-state index in [-0.39, 0.29) is 15.0 Å². The molecule has 1 saturated heterocycles. The number of furan rings is 1. The standard InChI is InChI=1S/C17H12FNO4S2/c1-9(16(21)22)19-15(20)14(25-17(19)24)8-12-6-7-13(23-12)10-2-4-11(18)5-3-10/h2-9H,1H3,(H,21,22)/b14-8+/t9-/m0/s1. The summed E-state index contributed by atoms with van der Waals surface area (Å²) in [4.78, 5) is 24.8. The number of hydrogen-bond donors (Lipinski definition) is 1. The van der Waals surface area contributed by atoms with Crippen LogP contribution in [-0.2, 0) is 9.59 Å². The third-order valence-electron chi connectivity index (χ3n) is 3.60. The summed E-state index contributed by atoms with van der Waals surface area (Å²) in [5.74, 6) is -0.992. The van der Waals surface area contributed by atoms with Crippen LogP contribution in [0.2, 0.25) is 0 Å². The largest absolute Gasteiger partial charge is 0.480 e. The van der Waals surface area contributed by atoms with E-state index in [9.17, 15) is 14.0 Å². The Kier molecular flexibility index (Phi) is 4.73. The molecule has 2 aromatic rings. The first-order valence-electron chi connectivity index (χ1n) is 7.22. The first-order chi connectivity index (χ1) is 11.9. The highest BCUT2D eigenvalue weighted by atomic mass is 32.2. The number of carboxylic acid groups (broad SMARTS) is 1. The maximum absolute atomic E-state index is 13.0. The number of rotatable bonds is 4. The fourth-order valence-corrected chi connectivity index (χ4v) is 3.65. The fraction of sp³-hybridized carbons (Fsp3) is 0.118. The average molecular weight is 377 g/mol. The maximum Gasteiger partial charge on any atom is 0.326 e. The van der Waals surface area contributed by atoms with Crippen LogP contribution in [-0.4, -0.2) is 32.2 Å². The number of thioether (sulfide) groups is 1. The van der Waals surface area contributed by atoms with Crippen LogP contribution >= 0.6 is 24.0 Å². The van der Waals surface area contributed by atoms with Crippen molar-refractivity contribution in [3.63, 3.8) is 0 Å². The molecule has 8 heteroatoms. The Labute approximate surface area is 152 Å². The molecule has 25 heavy (non-hydrogen) atoms. The van der Waals surface area contributed by atoms with Crippen LogP contribution < -0.4 is 0 Å². The van der Waals surface area contributed by atoms with E-state index in [1.807, 2.05) is 0 Å². The Balaban J connectivity index is 1.84. The molecule has 0 spiro atoms. The van der Waals surface area contributed by atoms with Crippen molar-refractivity contribution in [1.29, 1.82) is 0 Å². The van der Waals surface area contributed by atoms with Crippen LogP contribution in [0.4, 0.5) is 4.39 Å². The minimum absolute atomic E-state index is 0.191. The molecule has 1 aliphatic heterocycles. The van der Waals surface area contributed by atoms with Crippen LogP contribution in [0.25, 0.3) is 17.4 Å². The lowest BCUT2D eigenvalue weighted by molar-refractivity contribution is -0.144. The van der Waals surface area contributed by atoms with E-state index in [1.165, 1.54) is 25.1 Å². The van der Waals surface area contributed by atoms with Crippen molar-refractivity contribution >= 4 is 46.3 Å². The average Bonchev–Trinajstić information content (AvgIpc) is 3.13. The number of benzene rings is 1. The highest BCUT2D eigenvalue weighted by molar-refractivity contribution is 8.26. The van der Waals surface area contributed by atoms with Gasteiger partial charge < -0.3 is 9.52 Å². The third-order valence-corrected chi connectivity index (χ3v) is 4.93. The van der Waals surface area contributed by atoms with E-state index in [2.05, 4.69) is 0 Å². The first kappa shape index (κ1) is 17.4. The van der Waals surface area contributed by atoms with Gasteiger partial charge in [-0.1, -0.05) is 24.0 Å². The van der Waals surface area contributed by atoms with Gasteiger partial charge in [-0.2, -0.15) is 0 Å². The Hall–Kier alpha value is -2.45. The molecule has 1 amide bonds. The number of aliphatic carboxylic acids is 1. The molecule has 128 valence electrons. The lowest BCUT2D eigenvalue weighted by Gasteiger charge is -2.18. The Morgan fingerprint density at radius 3 is 2.64 bits per heavy atom. The fourth-order valence-electron chi connectivity index (χ4n) is 2.25. The van der Waals surface area contributed by atoms with Crippen LogP contribution in [0.1, 0.15) is 12.7 Å². The number of halogens is 1. The number of hydrogen-bond acceptors (Lipinski definition) is 5. The predicted octanol–water partition coefficient (Wildman–Crippen LogP) is 3.76. The van der Waals surface area contributed by atoms with Gasteiger partial charge in [0.1, 0.15) is 27.7 Å².